The van der Waals surface area contributed by atoms with Crippen LogP contribution in [0.3, 0.4) is 0 Å². The summed E-state index contributed by atoms with van der Waals surface area (Å²) in [6.45, 7) is 0.502. The standard InChI is InChI=1S/C24H23FN2O2/c25-19-11-13-21(14-12-19)29-17-20(28)16-27-23-9-5-4-8-22(23)26-24(27)15-10-18-6-2-1-3-7-18/h1-9,11-14,20,28H,10,15-17H2. The van der Waals surface area contributed by atoms with Gasteiger partial charge in [-0.15, -0.1) is 0 Å². The number of imidazole rings is 1. The van der Waals surface area contributed by atoms with E-state index in [1.54, 1.807) is 12.1 Å². The second-order valence-electron chi connectivity index (χ2n) is 7.03. The number of hydrogen-bond acceptors (Lipinski definition) is 3. The molecular weight excluding hydrogens is 367 g/mol. The number of benzene rings is 3. The molecule has 4 rings (SSSR count). The van der Waals surface area contributed by atoms with Crippen molar-refractivity contribution in [2.75, 3.05) is 6.61 Å². The maximum Gasteiger partial charge on any atom is 0.123 e. The van der Waals surface area contributed by atoms with Crippen LogP contribution in [0, 0.1) is 5.82 Å². The van der Waals surface area contributed by atoms with Crippen molar-refractivity contribution >= 4 is 11.0 Å². The first-order valence-corrected chi connectivity index (χ1v) is 9.73. The summed E-state index contributed by atoms with van der Waals surface area (Å²) in [5.74, 6) is 1.16. The smallest absolute Gasteiger partial charge is 0.123 e. The molecule has 0 bridgehead atoms. The lowest BCUT2D eigenvalue weighted by Gasteiger charge is -2.16. The van der Waals surface area contributed by atoms with E-state index in [9.17, 15) is 9.50 Å². The van der Waals surface area contributed by atoms with Gasteiger partial charge in [0.2, 0.25) is 0 Å². The number of ether oxygens (including phenoxy) is 1. The van der Waals surface area contributed by atoms with Crippen LogP contribution >= 0.6 is 0 Å². The topological polar surface area (TPSA) is 47.3 Å². The van der Waals surface area contributed by atoms with E-state index < -0.39 is 6.10 Å². The van der Waals surface area contributed by atoms with Gasteiger partial charge in [0.05, 0.1) is 17.6 Å². The molecule has 0 radical (unpaired) electrons. The van der Waals surface area contributed by atoms with Gasteiger partial charge in [0.25, 0.3) is 0 Å². The van der Waals surface area contributed by atoms with Gasteiger partial charge >= 0.3 is 0 Å². The average Bonchev–Trinajstić information content (AvgIpc) is 3.10. The van der Waals surface area contributed by atoms with E-state index in [-0.39, 0.29) is 12.4 Å². The van der Waals surface area contributed by atoms with Gasteiger partial charge in [-0.05, 0) is 48.4 Å². The minimum Gasteiger partial charge on any atom is -0.491 e. The summed E-state index contributed by atoms with van der Waals surface area (Å²) in [5.41, 5.74) is 3.17. The average molecular weight is 390 g/mol. The number of rotatable bonds is 8. The number of aliphatic hydroxyl groups excluding tert-OH is 1. The van der Waals surface area contributed by atoms with Crippen LogP contribution < -0.4 is 4.74 Å². The summed E-state index contributed by atoms with van der Waals surface area (Å²) in [4.78, 5) is 4.78. The zero-order valence-electron chi connectivity index (χ0n) is 16.0. The Hall–Kier alpha value is -3.18. The molecule has 0 saturated heterocycles. The Balaban J connectivity index is 1.48. The number of halogens is 1. The number of nitrogens with zero attached hydrogens (tertiary/aromatic N) is 2. The fourth-order valence-corrected chi connectivity index (χ4v) is 3.41. The lowest BCUT2D eigenvalue weighted by atomic mass is 10.1. The summed E-state index contributed by atoms with van der Waals surface area (Å²) in [5, 5.41) is 10.6. The summed E-state index contributed by atoms with van der Waals surface area (Å²) in [6, 6.07) is 24.0. The highest BCUT2D eigenvalue weighted by Gasteiger charge is 2.15. The third-order valence-electron chi connectivity index (χ3n) is 4.86. The van der Waals surface area contributed by atoms with Crippen LogP contribution in [0.1, 0.15) is 11.4 Å². The normalized spacial score (nSPS) is 12.2. The fourth-order valence-electron chi connectivity index (χ4n) is 3.41. The molecule has 4 aromatic rings. The van der Waals surface area contributed by atoms with Crippen molar-refractivity contribution in [1.29, 1.82) is 0 Å². The maximum absolute atomic E-state index is 13.0. The first kappa shape index (κ1) is 19.2. The van der Waals surface area contributed by atoms with E-state index in [0.29, 0.717) is 12.3 Å². The van der Waals surface area contributed by atoms with Gasteiger partial charge in [0, 0.05) is 6.42 Å². The largest absolute Gasteiger partial charge is 0.491 e. The number of fused-ring (bicyclic) bond motifs is 1. The Morgan fingerprint density at radius 3 is 2.41 bits per heavy atom. The van der Waals surface area contributed by atoms with Gasteiger partial charge < -0.3 is 14.4 Å². The SMILES string of the molecule is OC(COc1ccc(F)cc1)Cn1c(CCc2ccccc2)nc2ccccc21. The first-order chi connectivity index (χ1) is 14.2. The quantitative estimate of drug-likeness (QED) is 0.485. The molecule has 0 aliphatic carbocycles. The van der Waals surface area contributed by atoms with Crippen LogP contribution in [-0.4, -0.2) is 27.4 Å². The van der Waals surface area contributed by atoms with Crippen molar-refractivity contribution in [2.24, 2.45) is 0 Å². The zero-order chi connectivity index (χ0) is 20.1. The Bertz CT molecular complexity index is 1060. The molecule has 1 aromatic heterocycles. The predicted molar refractivity (Wildman–Crippen MR) is 111 cm³/mol. The van der Waals surface area contributed by atoms with Crippen LogP contribution in [0.15, 0.2) is 78.9 Å². The van der Waals surface area contributed by atoms with E-state index >= 15 is 0 Å². The van der Waals surface area contributed by atoms with Crippen LogP contribution in [0.25, 0.3) is 11.0 Å². The molecule has 3 aromatic carbocycles. The number of aromatic nitrogens is 2. The molecule has 5 heteroatoms. The van der Waals surface area contributed by atoms with Crippen molar-refractivity contribution in [1.82, 2.24) is 9.55 Å². The van der Waals surface area contributed by atoms with Crippen molar-refractivity contribution in [3.05, 3.63) is 96.1 Å². The highest BCUT2D eigenvalue weighted by Crippen LogP contribution is 2.19. The molecule has 148 valence electrons. The van der Waals surface area contributed by atoms with E-state index in [2.05, 4.69) is 16.7 Å². The molecule has 29 heavy (non-hydrogen) atoms. The van der Waals surface area contributed by atoms with Crippen LogP contribution in [-0.2, 0) is 19.4 Å². The number of aliphatic hydroxyl groups is 1. The van der Waals surface area contributed by atoms with E-state index in [1.165, 1.54) is 17.7 Å². The van der Waals surface area contributed by atoms with E-state index in [1.807, 2.05) is 42.5 Å². The number of hydrogen-bond donors (Lipinski definition) is 1. The molecule has 0 aliphatic rings. The van der Waals surface area contributed by atoms with Crippen molar-refractivity contribution < 1.29 is 14.2 Å². The molecular formula is C24H23FN2O2. The highest BCUT2D eigenvalue weighted by atomic mass is 19.1. The van der Waals surface area contributed by atoms with Crippen molar-refractivity contribution in [2.45, 2.75) is 25.5 Å². The molecule has 0 aliphatic heterocycles. The van der Waals surface area contributed by atoms with Crippen LogP contribution in [0.4, 0.5) is 4.39 Å². The summed E-state index contributed by atoms with van der Waals surface area (Å²) in [6.07, 6.45) is 0.949. The summed E-state index contributed by atoms with van der Waals surface area (Å²) >= 11 is 0. The van der Waals surface area contributed by atoms with Crippen molar-refractivity contribution in [3.63, 3.8) is 0 Å². The third kappa shape index (κ3) is 4.81. The minimum absolute atomic E-state index is 0.121. The Kier molecular flexibility index (Phi) is 5.86. The molecule has 4 nitrogen and oxygen atoms in total. The predicted octanol–water partition coefficient (Wildman–Crippen LogP) is 4.40. The molecule has 0 saturated carbocycles. The lowest BCUT2D eigenvalue weighted by molar-refractivity contribution is 0.0927. The van der Waals surface area contributed by atoms with Gasteiger partial charge in [-0.2, -0.15) is 0 Å². The fraction of sp³-hybridized carbons (Fsp3) is 0.208. The minimum atomic E-state index is -0.715. The molecule has 1 atom stereocenters. The Morgan fingerprint density at radius 1 is 0.897 bits per heavy atom. The van der Waals surface area contributed by atoms with Gasteiger partial charge in [0.1, 0.15) is 30.1 Å². The molecule has 0 spiro atoms. The maximum atomic E-state index is 13.0. The lowest BCUT2D eigenvalue weighted by Crippen LogP contribution is -2.24. The zero-order valence-corrected chi connectivity index (χ0v) is 16.0. The number of aryl methyl sites for hydroxylation is 2. The second kappa shape index (κ2) is 8.88. The molecule has 1 N–H and O–H groups in total. The highest BCUT2D eigenvalue weighted by molar-refractivity contribution is 5.75. The molecule has 0 fully saturated rings. The van der Waals surface area contributed by atoms with Crippen molar-refractivity contribution in [3.8, 4) is 5.75 Å². The van der Waals surface area contributed by atoms with Gasteiger partial charge in [0.15, 0.2) is 0 Å². The molecule has 0 amide bonds. The van der Waals surface area contributed by atoms with Gasteiger partial charge in [-0.1, -0.05) is 42.5 Å². The van der Waals surface area contributed by atoms with Crippen LogP contribution in [0.5, 0.6) is 5.75 Å². The Morgan fingerprint density at radius 2 is 1.62 bits per heavy atom. The van der Waals surface area contributed by atoms with Gasteiger partial charge in [-0.25, -0.2) is 9.37 Å². The Labute approximate surface area is 169 Å². The van der Waals surface area contributed by atoms with Gasteiger partial charge in [-0.3, -0.25) is 0 Å². The summed E-state index contributed by atoms with van der Waals surface area (Å²) in [7, 11) is 0. The first-order valence-electron chi connectivity index (χ1n) is 9.73. The molecule has 1 unspecified atom stereocenters. The monoisotopic (exact) mass is 390 g/mol. The van der Waals surface area contributed by atoms with E-state index in [0.717, 1.165) is 29.7 Å². The summed E-state index contributed by atoms with van der Waals surface area (Å²) < 4.78 is 20.7. The number of para-hydroxylation sites is 2. The molecule has 1 heterocycles. The van der Waals surface area contributed by atoms with E-state index in [4.69, 9.17) is 9.72 Å². The van der Waals surface area contributed by atoms with Crippen LogP contribution in [0.2, 0.25) is 0 Å². The third-order valence-corrected chi connectivity index (χ3v) is 4.86. The second-order valence-corrected chi connectivity index (χ2v) is 7.03.